The van der Waals surface area contributed by atoms with Crippen LogP contribution < -0.4 is 4.31 Å². The van der Waals surface area contributed by atoms with Gasteiger partial charge < -0.3 is 10.0 Å². The van der Waals surface area contributed by atoms with Crippen LogP contribution in [0.2, 0.25) is 0 Å². The molecule has 2 aromatic carbocycles. The van der Waals surface area contributed by atoms with E-state index in [4.69, 9.17) is 0 Å². The fourth-order valence-electron chi connectivity index (χ4n) is 8.91. The van der Waals surface area contributed by atoms with Crippen molar-refractivity contribution in [2.45, 2.75) is 62.4 Å². The molecule has 37 heavy (non-hydrogen) atoms. The molecule has 1 saturated heterocycles. The van der Waals surface area contributed by atoms with Crippen molar-refractivity contribution in [2.75, 3.05) is 30.5 Å². The van der Waals surface area contributed by atoms with Crippen LogP contribution in [-0.4, -0.2) is 50.7 Å². The van der Waals surface area contributed by atoms with E-state index in [2.05, 4.69) is 4.90 Å². The molecule has 0 spiro atoms. The summed E-state index contributed by atoms with van der Waals surface area (Å²) < 4.78 is 43.0. The smallest absolute Gasteiger partial charge is 0.264 e. The minimum Gasteiger partial charge on any atom is -0.391 e. The maximum atomic E-state index is 14.3. The predicted octanol–water partition coefficient (Wildman–Crippen LogP) is 5.29. The summed E-state index contributed by atoms with van der Waals surface area (Å²) >= 11 is 0. The van der Waals surface area contributed by atoms with E-state index in [1.165, 1.54) is 55.0 Å². The van der Waals surface area contributed by atoms with Crippen LogP contribution in [0.15, 0.2) is 47.4 Å². The SMILES string of the molecule is O=S1(=O)c2ccccc2-c2ccc(F)cc2N1CC1CCN(C[C@H](O)C23CC4CC(CC(C4)C2)C3)CC1. The Morgan fingerprint density at radius 3 is 2.27 bits per heavy atom. The number of hydrogen-bond donors (Lipinski definition) is 1. The second-order valence-electron chi connectivity index (χ2n) is 12.7. The maximum absolute atomic E-state index is 14.3. The lowest BCUT2D eigenvalue weighted by Gasteiger charge is -2.59. The van der Waals surface area contributed by atoms with Crippen molar-refractivity contribution in [1.82, 2.24) is 4.90 Å². The monoisotopic (exact) mass is 524 g/mol. The van der Waals surface area contributed by atoms with Crippen molar-refractivity contribution < 1.29 is 17.9 Å². The Labute approximate surface area is 219 Å². The highest BCUT2D eigenvalue weighted by atomic mass is 32.2. The van der Waals surface area contributed by atoms with Gasteiger partial charge in [-0.3, -0.25) is 4.31 Å². The lowest BCUT2D eigenvalue weighted by Crippen LogP contribution is -2.55. The number of halogens is 1. The molecule has 1 N–H and O–H groups in total. The summed E-state index contributed by atoms with van der Waals surface area (Å²) in [6.07, 6.45) is 9.28. The lowest BCUT2D eigenvalue weighted by atomic mass is 9.48. The number of likely N-dealkylation sites (tertiary alicyclic amines) is 1. The fraction of sp³-hybridized carbons (Fsp3) is 0.600. The molecule has 2 aliphatic heterocycles. The van der Waals surface area contributed by atoms with Gasteiger partial charge in [-0.15, -0.1) is 0 Å². The number of β-amino-alcohol motifs (C(OH)–C–C–N with tert-alkyl or cyclic N) is 1. The molecule has 5 fully saturated rings. The zero-order valence-corrected chi connectivity index (χ0v) is 22.2. The van der Waals surface area contributed by atoms with Crippen LogP contribution in [0.3, 0.4) is 0 Å². The minimum absolute atomic E-state index is 0.134. The van der Waals surface area contributed by atoms with Gasteiger partial charge in [-0.25, -0.2) is 12.8 Å². The minimum atomic E-state index is -3.76. The number of aliphatic hydroxyl groups is 1. The molecule has 0 amide bonds. The molecule has 0 aromatic heterocycles. The van der Waals surface area contributed by atoms with Gasteiger partial charge in [-0.2, -0.15) is 0 Å². The normalized spacial score (nSPS) is 33.2. The van der Waals surface area contributed by atoms with Crippen LogP contribution in [0.5, 0.6) is 0 Å². The van der Waals surface area contributed by atoms with E-state index >= 15 is 0 Å². The third-order valence-electron chi connectivity index (χ3n) is 10.3. The molecule has 4 bridgehead atoms. The van der Waals surface area contributed by atoms with E-state index in [0.29, 0.717) is 22.7 Å². The third kappa shape index (κ3) is 4.04. The van der Waals surface area contributed by atoms with Gasteiger partial charge in [0.1, 0.15) is 5.82 Å². The van der Waals surface area contributed by atoms with Crippen molar-refractivity contribution in [2.24, 2.45) is 29.1 Å². The molecule has 7 heteroatoms. The van der Waals surface area contributed by atoms with Crippen molar-refractivity contribution in [1.29, 1.82) is 0 Å². The summed E-state index contributed by atoms with van der Waals surface area (Å²) in [4.78, 5) is 2.69. The van der Waals surface area contributed by atoms with Crippen LogP contribution in [0, 0.1) is 34.9 Å². The van der Waals surface area contributed by atoms with Gasteiger partial charge in [-0.05, 0) is 118 Å². The molecule has 2 heterocycles. The zero-order chi connectivity index (χ0) is 25.4. The van der Waals surface area contributed by atoms with Crippen molar-refractivity contribution in [3.63, 3.8) is 0 Å². The standard InChI is InChI=1S/C30H37FN2O3S/c31-24-5-6-25-26-3-1-2-4-28(26)37(35,36)33(27(25)14-24)18-20-7-9-32(10-8-20)19-29(34)30-15-21-11-22(16-30)13-23(12-21)17-30/h1-6,14,20-23,29,34H,7-13,15-19H2/t21?,22?,23?,29-,30?/m0/s1. The fourth-order valence-corrected chi connectivity index (χ4v) is 10.7. The van der Waals surface area contributed by atoms with E-state index < -0.39 is 15.8 Å². The number of sulfonamides is 1. The first kappa shape index (κ1) is 24.1. The molecule has 5 nitrogen and oxygen atoms in total. The summed E-state index contributed by atoms with van der Waals surface area (Å²) in [6, 6.07) is 11.5. The summed E-state index contributed by atoms with van der Waals surface area (Å²) in [7, 11) is -3.76. The summed E-state index contributed by atoms with van der Waals surface area (Å²) in [5, 5.41) is 11.4. The largest absolute Gasteiger partial charge is 0.391 e. The van der Waals surface area contributed by atoms with Gasteiger partial charge in [0.2, 0.25) is 0 Å². The quantitative estimate of drug-likeness (QED) is 0.577. The molecule has 198 valence electrons. The first-order chi connectivity index (χ1) is 17.8. The number of piperidine rings is 1. The first-order valence-corrected chi connectivity index (χ1v) is 15.6. The van der Waals surface area contributed by atoms with Gasteiger partial charge in [0.05, 0.1) is 16.7 Å². The van der Waals surface area contributed by atoms with Crippen LogP contribution in [0.25, 0.3) is 11.1 Å². The number of nitrogens with zero attached hydrogens (tertiary/aromatic N) is 2. The van der Waals surface area contributed by atoms with Gasteiger partial charge in [0.15, 0.2) is 0 Å². The van der Waals surface area contributed by atoms with Gasteiger partial charge in [-0.1, -0.05) is 18.2 Å². The Hall–Kier alpha value is -1.96. The Bertz CT molecular complexity index is 1270. The molecule has 4 aliphatic carbocycles. The van der Waals surface area contributed by atoms with Crippen molar-refractivity contribution in [3.05, 3.63) is 48.3 Å². The van der Waals surface area contributed by atoms with Crippen LogP contribution in [0.4, 0.5) is 10.1 Å². The van der Waals surface area contributed by atoms with Crippen LogP contribution >= 0.6 is 0 Å². The number of fused-ring (bicyclic) bond motifs is 3. The topological polar surface area (TPSA) is 60.9 Å². The van der Waals surface area contributed by atoms with E-state index in [1.807, 2.05) is 6.07 Å². The van der Waals surface area contributed by atoms with E-state index in [0.717, 1.165) is 55.8 Å². The summed E-state index contributed by atoms with van der Waals surface area (Å²) in [6.45, 7) is 2.84. The first-order valence-electron chi connectivity index (χ1n) is 14.1. The number of aliphatic hydroxyl groups excluding tert-OH is 1. The molecule has 0 radical (unpaired) electrons. The number of benzene rings is 2. The molecule has 2 aromatic rings. The molecular weight excluding hydrogens is 487 g/mol. The average Bonchev–Trinajstić information content (AvgIpc) is 2.87. The highest BCUT2D eigenvalue weighted by molar-refractivity contribution is 7.93. The highest BCUT2D eigenvalue weighted by Crippen LogP contribution is 2.61. The van der Waals surface area contributed by atoms with Crippen LogP contribution in [0.1, 0.15) is 51.4 Å². The van der Waals surface area contributed by atoms with Crippen molar-refractivity contribution in [3.8, 4) is 11.1 Å². The second kappa shape index (κ2) is 8.78. The number of hydrogen-bond acceptors (Lipinski definition) is 4. The predicted molar refractivity (Wildman–Crippen MR) is 142 cm³/mol. The Balaban J connectivity index is 1.04. The second-order valence-corrected chi connectivity index (χ2v) is 14.6. The zero-order valence-electron chi connectivity index (χ0n) is 21.4. The van der Waals surface area contributed by atoms with E-state index in [1.54, 1.807) is 24.3 Å². The molecule has 6 aliphatic rings. The van der Waals surface area contributed by atoms with E-state index in [9.17, 15) is 17.9 Å². The number of anilines is 1. The maximum Gasteiger partial charge on any atom is 0.264 e. The number of rotatable bonds is 5. The van der Waals surface area contributed by atoms with Gasteiger partial charge >= 0.3 is 0 Å². The Morgan fingerprint density at radius 1 is 0.946 bits per heavy atom. The molecule has 1 atom stereocenters. The molecule has 0 unspecified atom stereocenters. The summed E-state index contributed by atoms with van der Waals surface area (Å²) in [5.74, 6) is 2.26. The molecule has 8 rings (SSSR count). The Morgan fingerprint density at radius 2 is 1.59 bits per heavy atom. The van der Waals surface area contributed by atoms with Gasteiger partial charge in [0, 0.05) is 24.2 Å². The van der Waals surface area contributed by atoms with E-state index in [-0.39, 0.29) is 17.4 Å². The summed E-state index contributed by atoms with van der Waals surface area (Å²) in [5.41, 5.74) is 1.98. The third-order valence-corrected chi connectivity index (χ3v) is 12.2. The van der Waals surface area contributed by atoms with Crippen molar-refractivity contribution >= 4 is 15.7 Å². The Kier molecular flexibility index (Phi) is 5.72. The van der Waals surface area contributed by atoms with Crippen LogP contribution in [-0.2, 0) is 10.0 Å². The highest BCUT2D eigenvalue weighted by Gasteiger charge is 2.54. The van der Waals surface area contributed by atoms with Gasteiger partial charge in [0.25, 0.3) is 10.0 Å². The molecule has 4 saturated carbocycles. The average molecular weight is 525 g/mol. The lowest BCUT2D eigenvalue weighted by molar-refractivity contribution is -0.127. The molecular formula is C30H37FN2O3S.